The number of nitrogens with one attached hydrogen (secondary N) is 2. The second kappa shape index (κ2) is 7.19. The van der Waals surface area contributed by atoms with Gasteiger partial charge in [0.2, 0.25) is 0 Å². The number of carbonyl (C=O) groups excluding carboxylic acids is 1. The molecule has 1 fully saturated rings. The molecule has 1 aromatic carbocycles. The lowest BCUT2D eigenvalue weighted by Gasteiger charge is -2.23. The molecule has 0 spiro atoms. The summed E-state index contributed by atoms with van der Waals surface area (Å²) in [5.41, 5.74) is 0.515. The van der Waals surface area contributed by atoms with Gasteiger partial charge in [0.1, 0.15) is 0 Å². The Balaban J connectivity index is 0.00000162. The monoisotopic (exact) mass is 308 g/mol. The normalized spacial score (nSPS) is 15.9. The first kappa shape index (κ1) is 15.6. The summed E-state index contributed by atoms with van der Waals surface area (Å²) in [5, 5.41) is 7.20. The average molecular weight is 310 g/mol. The van der Waals surface area contributed by atoms with Crippen LogP contribution in [0.4, 0.5) is 0 Å². The Morgan fingerprint density at radius 2 is 1.72 bits per heavy atom. The molecule has 1 aromatic rings. The van der Waals surface area contributed by atoms with E-state index in [2.05, 4.69) is 10.6 Å². The van der Waals surface area contributed by atoms with Crippen molar-refractivity contribution in [1.82, 2.24) is 10.6 Å². The van der Waals surface area contributed by atoms with E-state index >= 15 is 0 Å². The van der Waals surface area contributed by atoms with E-state index in [4.69, 9.17) is 23.2 Å². The van der Waals surface area contributed by atoms with E-state index in [0.29, 0.717) is 15.6 Å². The lowest BCUT2D eigenvalue weighted by Crippen LogP contribution is -2.42. The van der Waals surface area contributed by atoms with E-state index in [1.54, 1.807) is 18.2 Å². The smallest absolute Gasteiger partial charge is 0.251 e. The molecule has 0 aliphatic carbocycles. The second-order valence-electron chi connectivity index (χ2n) is 4.16. The zero-order valence-corrected chi connectivity index (χ0v) is 12.0. The molecule has 0 unspecified atom stereocenters. The van der Waals surface area contributed by atoms with E-state index in [1.807, 2.05) is 0 Å². The molecule has 2 N–H and O–H groups in total. The van der Waals surface area contributed by atoms with Gasteiger partial charge in [0, 0.05) is 21.7 Å². The summed E-state index contributed by atoms with van der Waals surface area (Å²) in [5.74, 6) is -0.110. The summed E-state index contributed by atoms with van der Waals surface area (Å²) in [6, 6.07) is 5.11. The third kappa shape index (κ3) is 4.32. The topological polar surface area (TPSA) is 41.1 Å². The number of hydrogen-bond acceptors (Lipinski definition) is 2. The Bertz CT molecular complexity index is 400. The zero-order chi connectivity index (χ0) is 12.3. The second-order valence-corrected chi connectivity index (χ2v) is 5.03. The predicted molar refractivity (Wildman–Crippen MR) is 77.1 cm³/mol. The molecule has 0 aromatic heterocycles. The minimum atomic E-state index is -0.110. The fraction of sp³-hybridized carbons (Fsp3) is 0.417. The van der Waals surface area contributed by atoms with Crippen LogP contribution in [0.5, 0.6) is 0 Å². The van der Waals surface area contributed by atoms with E-state index in [9.17, 15) is 4.79 Å². The standard InChI is InChI=1S/C12H14Cl2N2O.ClH/c13-9-5-8(6-10(14)7-9)12(17)16-11-1-3-15-4-2-11;/h5-7,11,15H,1-4H2,(H,16,17);1H. The van der Waals surface area contributed by atoms with E-state index in [0.717, 1.165) is 25.9 Å². The van der Waals surface area contributed by atoms with Gasteiger partial charge in [-0.25, -0.2) is 0 Å². The molecule has 0 bridgehead atoms. The molecule has 1 aliphatic rings. The van der Waals surface area contributed by atoms with Crippen LogP contribution >= 0.6 is 35.6 Å². The number of rotatable bonds is 2. The molecule has 2 rings (SSSR count). The van der Waals surface area contributed by atoms with Gasteiger partial charge >= 0.3 is 0 Å². The average Bonchev–Trinajstić information content (AvgIpc) is 2.29. The van der Waals surface area contributed by atoms with Crippen LogP contribution in [-0.4, -0.2) is 25.0 Å². The predicted octanol–water partition coefficient (Wildman–Crippen LogP) is 2.90. The van der Waals surface area contributed by atoms with Crippen molar-refractivity contribution in [2.75, 3.05) is 13.1 Å². The number of halogens is 3. The molecule has 100 valence electrons. The number of hydrogen-bond donors (Lipinski definition) is 2. The molecule has 1 saturated heterocycles. The summed E-state index contributed by atoms with van der Waals surface area (Å²) < 4.78 is 0. The van der Waals surface area contributed by atoms with Gasteiger partial charge in [-0.1, -0.05) is 23.2 Å². The maximum Gasteiger partial charge on any atom is 0.251 e. The molecule has 1 aliphatic heterocycles. The highest BCUT2D eigenvalue weighted by molar-refractivity contribution is 6.35. The molecule has 18 heavy (non-hydrogen) atoms. The number of carbonyl (C=O) groups is 1. The molecule has 3 nitrogen and oxygen atoms in total. The highest BCUT2D eigenvalue weighted by Crippen LogP contribution is 2.19. The minimum absolute atomic E-state index is 0. The quantitative estimate of drug-likeness (QED) is 0.882. The van der Waals surface area contributed by atoms with Crippen molar-refractivity contribution in [2.45, 2.75) is 18.9 Å². The summed E-state index contributed by atoms with van der Waals surface area (Å²) in [7, 11) is 0. The fourth-order valence-electron chi connectivity index (χ4n) is 1.92. The van der Waals surface area contributed by atoms with Crippen LogP contribution in [0.1, 0.15) is 23.2 Å². The SMILES string of the molecule is Cl.O=C(NC1CCNCC1)c1cc(Cl)cc(Cl)c1. The summed E-state index contributed by atoms with van der Waals surface area (Å²) in [4.78, 5) is 12.0. The molecule has 0 saturated carbocycles. The number of amides is 1. The Morgan fingerprint density at radius 3 is 2.28 bits per heavy atom. The van der Waals surface area contributed by atoms with Crippen LogP contribution in [0.15, 0.2) is 18.2 Å². The Hall–Kier alpha value is -0.480. The molecular weight excluding hydrogens is 295 g/mol. The third-order valence-electron chi connectivity index (χ3n) is 2.80. The van der Waals surface area contributed by atoms with Crippen LogP contribution in [0.2, 0.25) is 10.0 Å². The van der Waals surface area contributed by atoms with Crippen LogP contribution in [-0.2, 0) is 0 Å². The molecule has 0 atom stereocenters. The van der Waals surface area contributed by atoms with E-state index in [1.165, 1.54) is 0 Å². The maximum atomic E-state index is 12.0. The lowest BCUT2D eigenvalue weighted by molar-refractivity contribution is 0.0929. The largest absolute Gasteiger partial charge is 0.349 e. The van der Waals surface area contributed by atoms with Gasteiger partial charge in [-0.2, -0.15) is 0 Å². The molecule has 1 heterocycles. The first-order chi connectivity index (χ1) is 8.15. The van der Waals surface area contributed by atoms with Crippen molar-refractivity contribution < 1.29 is 4.79 Å². The Kier molecular flexibility index (Phi) is 6.22. The van der Waals surface area contributed by atoms with Crippen LogP contribution in [0.25, 0.3) is 0 Å². The van der Waals surface area contributed by atoms with Crippen molar-refractivity contribution in [2.24, 2.45) is 0 Å². The van der Waals surface area contributed by atoms with Gasteiger partial charge in [0.25, 0.3) is 5.91 Å². The van der Waals surface area contributed by atoms with Gasteiger partial charge < -0.3 is 10.6 Å². The fourth-order valence-corrected chi connectivity index (χ4v) is 2.45. The van der Waals surface area contributed by atoms with Crippen molar-refractivity contribution in [3.63, 3.8) is 0 Å². The van der Waals surface area contributed by atoms with Crippen molar-refractivity contribution in [3.05, 3.63) is 33.8 Å². The zero-order valence-electron chi connectivity index (χ0n) is 9.71. The minimum Gasteiger partial charge on any atom is -0.349 e. The van der Waals surface area contributed by atoms with E-state index < -0.39 is 0 Å². The van der Waals surface area contributed by atoms with Crippen LogP contribution < -0.4 is 10.6 Å². The summed E-state index contributed by atoms with van der Waals surface area (Å²) in [6.45, 7) is 1.89. The maximum absolute atomic E-state index is 12.0. The van der Waals surface area contributed by atoms with Gasteiger partial charge in [0.05, 0.1) is 0 Å². The van der Waals surface area contributed by atoms with Gasteiger partial charge in [-0.05, 0) is 44.1 Å². The Labute approximate surface area is 123 Å². The first-order valence-corrected chi connectivity index (χ1v) is 6.38. The lowest BCUT2D eigenvalue weighted by atomic mass is 10.1. The summed E-state index contributed by atoms with van der Waals surface area (Å²) in [6.07, 6.45) is 1.92. The molecular formula is C12H15Cl3N2O. The molecule has 0 radical (unpaired) electrons. The highest BCUT2D eigenvalue weighted by Gasteiger charge is 2.16. The van der Waals surface area contributed by atoms with Crippen molar-refractivity contribution in [1.29, 1.82) is 0 Å². The van der Waals surface area contributed by atoms with Crippen LogP contribution in [0.3, 0.4) is 0 Å². The first-order valence-electron chi connectivity index (χ1n) is 5.63. The summed E-state index contributed by atoms with van der Waals surface area (Å²) >= 11 is 11.7. The van der Waals surface area contributed by atoms with Gasteiger partial charge in [0.15, 0.2) is 0 Å². The van der Waals surface area contributed by atoms with Crippen molar-refractivity contribution in [3.8, 4) is 0 Å². The van der Waals surface area contributed by atoms with Crippen molar-refractivity contribution >= 4 is 41.5 Å². The molecule has 6 heteroatoms. The van der Waals surface area contributed by atoms with E-state index in [-0.39, 0.29) is 24.4 Å². The number of piperidine rings is 1. The van der Waals surface area contributed by atoms with Gasteiger partial charge in [-0.3, -0.25) is 4.79 Å². The third-order valence-corrected chi connectivity index (χ3v) is 3.24. The highest BCUT2D eigenvalue weighted by atomic mass is 35.5. The van der Waals surface area contributed by atoms with Crippen LogP contribution in [0, 0.1) is 0 Å². The Morgan fingerprint density at radius 1 is 1.17 bits per heavy atom. The molecule has 1 amide bonds. The van der Waals surface area contributed by atoms with Gasteiger partial charge in [-0.15, -0.1) is 12.4 Å². The number of benzene rings is 1.